The molecule has 0 saturated heterocycles. The summed E-state index contributed by atoms with van der Waals surface area (Å²) in [7, 11) is 0. The van der Waals surface area contributed by atoms with Gasteiger partial charge in [-0.15, -0.1) is 0 Å². The molecular weight excluding hydrogens is 310 g/mol. The Morgan fingerprint density at radius 3 is 1.60 bits per heavy atom. The van der Waals surface area contributed by atoms with Gasteiger partial charge in [0.2, 0.25) is 0 Å². The molecule has 4 heterocycles. The van der Waals surface area contributed by atoms with Crippen LogP contribution in [-0.2, 0) is 0 Å². The third-order valence-electron chi connectivity index (χ3n) is 3.65. The highest BCUT2D eigenvalue weighted by atomic mass is 15.3. The van der Waals surface area contributed by atoms with Gasteiger partial charge >= 0.3 is 0 Å². The first kappa shape index (κ1) is 15.0. The minimum absolute atomic E-state index is 0.737. The van der Waals surface area contributed by atoms with E-state index in [1.54, 1.807) is 18.6 Å². The third kappa shape index (κ3) is 3.21. The molecule has 5 nitrogen and oxygen atoms in total. The van der Waals surface area contributed by atoms with Gasteiger partial charge in [-0.25, -0.2) is 15.0 Å². The van der Waals surface area contributed by atoms with Gasteiger partial charge in [0.15, 0.2) is 0 Å². The largest absolute Gasteiger partial charge is 0.262 e. The summed E-state index contributed by atoms with van der Waals surface area (Å²) in [6.45, 7) is 0. The molecule has 5 heteroatoms. The van der Waals surface area contributed by atoms with Gasteiger partial charge in [0.05, 0.1) is 11.4 Å². The summed E-state index contributed by atoms with van der Waals surface area (Å²) in [5.41, 5.74) is 1.63. The zero-order valence-electron chi connectivity index (χ0n) is 13.4. The van der Waals surface area contributed by atoms with E-state index < -0.39 is 0 Å². The smallest absolute Gasteiger partial charge is 0.140 e. The fourth-order valence-electron chi connectivity index (χ4n) is 2.53. The normalized spacial score (nSPS) is 10.4. The number of nitrogens with zero attached hydrogens (tertiary/aromatic N) is 5. The highest BCUT2D eigenvalue weighted by molar-refractivity contribution is 5.71. The highest BCUT2D eigenvalue weighted by Gasteiger charge is 2.16. The molecule has 0 aliphatic carbocycles. The van der Waals surface area contributed by atoms with Crippen LogP contribution < -0.4 is 4.90 Å². The van der Waals surface area contributed by atoms with Gasteiger partial charge in [0.1, 0.15) is 17.5 Å². The lowest BCUT2D eigenvalue weighted by Gasteiger charge is -2.22. The molecule has 4 aromatic rings. The molecule has 0 unspecified atom stereocenters. The van der Waals surface area contributed by atoms with Crippen molar-refractivity contribution in [1.29, 1.82) is 0 Å². The molecule has 0 amide bonds. The van der Waals surface area contributed by atoms with E-state index in [4.69, 9.17) is 4.98 Å². The van der Waals surface area contributed by atoms with Crippen molar-refractivity contribution < 1.29 is 0 Å². The van der Waals surface area contributed by atoms with Crippen LogP contribution in [0, 0.1) is 0 Å². The van der Waals surface area contributed by atoms with Crippen molar-refractivity contribution in [2.24, 2.45) is 0 Å². The third-order valence-corrected chi connectivity index (χ3v) is 3.65. The van der Waals surface area contributed by atoms with Crippen LogP contribution in [0.25, 0.3) is 11.4 Å². The molecule has 0 radical (unpaired) electrons. The van der Waals surface area contributed by atoms with Crippen LogP contribution in [0.1, 0.15) is 0 Å². The predicted octanol–water partition coefficient (Wildman–Crippen LogP) is 4.40. The van der Waals surface area contributed by atoms with E-state index in [0.29, 0.717) is 0 Å². The predicted molar refractivity (Wildman–Crippen MR) is 97.7 cm³/mol. The van der Waals surface area contributed by atoms with E-state index in [1.165, 1.54) is 0 Å². The minimum Gasteiger partial charge on any atom is -0.262 e. The number of pyridine rings is 4. The van der Waals surface area contributed by atoms with Crippen LogP contribution >= 0.6 is 0 Å². The van der Waals surface area contributed by atoms with Crippen LogP contribution in [0.2, 0.25) is 0 Å². The Morgan fingerprint density at radius 1 is 0.480 bits per heavy atom. The molecule has 0 atom stereocenters. The Hall–Kier alpha value is -3.60. The second-order valence-electron chi connectivity index (χ2n) is 5.31. The number of rotatable bonds is 4. The molecule has 0 aliphatic heterocycles. The van der Waals surface area contributed by atoms with Gasteiger partial charge in [-0.2, -0.15) is 0 Å². The molecule has 0 spiro atoms. The van der Waals surface area contributed by atoms with Gasteiger partial charge < -0.3 is 0 Å². The second kappa shape index (κ2) is 6.88. The van der Waals surface area contributed by atoms with Crippen molar-refractivity contribution in [2.45, 2.75) is 0 Å². The van der Waals surface area contributed by atoms with E-state index >= 15 is 0 Å². The second-order valence-corrected chi connectivity index (χ2v) is 5.31. The van der Waals surface area contributed by atoms with Crippen molar-refractivity contribution in [1.82, 2.24) is 19.9 Å². The molecule has 0 bridgehead atoms. The van der Waals surface area contributed by atoms with Crippen molar-refractivity contribution in [3.63, 3.8) is 0 Å². The van der Waals surface area contributed by atoms with Crippen molar-refractivity contribution >= 4 is 17.5 Å². The Kier molecular flexibility index (Phi) is 4.12. The van der Waals surface area contributed by atoms with E-state index in [9.17, 15) is 0 Å². The van der Waals surface area contributed by atoms with Crippen molar-refractivity contribution in [2.75, 3.05) is 4.90 Å². The molecule has 4 rings (SSSR count). The van der Waals surface area contributed by atoms with Crippen LogP contribution in [0.4, 0.5) is 17.5 Å². The van der Waals surface area contributed by atoms with Gasteiger partial charge in [-0.05, 0) is 48.5 Å². The maximum absolute atomic E-state index is 4.78. The molecule has 4 aromatic heterocycles. The first-order valence-corrected chi connectivity index (χ1v) is 7.92. The van der Waals surface area contributed by atoms with Crippen LogP contribution in [0.15, 0.2) is 91.4 Å². The Morgan fingerprint density at radius 2 is 1.04 bits per heavy atom. The zero-order chi connectivity index (χ0) is 16.9. The first-order chi connectivity index (χ1) is 12.4. The van der Waals surface area contributed by atoms with Crippen LogP contribution in [0.3, 0.4) is 0 Å². The molecule has 0 aromatic carbocycles. The maximum atomic E-state index is 4.78. The lowest BCUT2D eigenvalue weighted by molar-refractivity contribution is 1.08. The van der Waals surface area contributed by atoms with Crippen LogP contribution in [-0.4, -0.2) is 19.9 Å². The van der Waals surface area contributed by atoms with E-state index in [-0.39, 0.29) is 0 Å². The lowest BCUT2D eigenvalue weighted by Crippen LogP contribution is -2.14. The average Bonchev–Trinajstić information content (AvgIpc) is 2.71. The minimum atomic E-state index is 0.737. The Balaban J connectivity index is 1.83. The molecule has 0 fully saturated rings. The molecular formula is C20H15N5. The van der Waals surface area contributed by atoms with Crippen molar-refractivity contribution in [3.05, 3.63) is 91.4 Å². The van der Waals surface area contributed by atoms with Gasteiger partial charge in [-0.3, -0.25) is 9.88 Å². The number of hydrogen-bond acceptors (Lipinski definition) is 5. The fraction of sp³-hybridized carbons (Fsp3) is 0. The zero-order valence-corrected chi connectivity index (χ0v) is 13.4. The fourth-order valence-corrected chi connectivity index (χ4v) is 2.53. The Labute approximate surface area is 145 Å². The maximum Gasteiger partial charge on any atom is 0.140 e. The standard InChI is InChI=1S/C20H15N5/c1-4-13-21-16(8-1)17-9-7-12-20(24-17)25(18-10-2-5-14-22-18)19-11-3-6-15-23-19/h1-15H. The lowest BCUT2D eigenvalue weighted by atomic mass is 10.2. The molecule has 0 N–H and O–H groups in total. The summed E-state index contributed by atoms with van der Waals surface area (Å²) in [5.74, 6) is 2.25. The van der Waals surface area contributed by atoms with Gasteiger partial charge in [0, 0.05) is 18.6 Å². The first-order valence-electron chi connectivity index (χ1n) is 7.92. The Bertz CT molecular complexity index is 904. The molecule has 25 heavy (non-hydrogen) atoms. The molecule has 0 saturated carbocycles. The highest BCUT2D eigenvalue weighted by Crippen LogP contribution is 2.30. The average molecular weight is 325 g/mol. The van der Waals surface area contributed by atoms with Gasteiger partial charge in [-0.1, -0.05) is 24.3 Å². The number of hydrogen-bond donors (Lipinski definition) is 0. The van der Waals surface area contributed by atoms with E-state index in [1.807, 2.05) is 77.7 Å². The van der Waals surface area contributed by atoms with E-state index in [2.05, 4.69) is 15.0 Å². The topological polar surface area (TPSA) is 54.8 Å². The van der Waals surface area contributed by atoms with E-state index in [0.717, 1.165) is 28.8 Å². The summed E-state index contributed by atoms with van der Waals surface area (Å²) in [6.07, 6.45) is 5.28. The quantitative estimate of drug-likeness (QED) is 0.556. The number of aromatic nitrogens is 4. The number of anilines is 3. The molecule has 120 valence electrons. The van der Waals surface area contributed by atoms with Crippen molar-refractivity contribution in [3.8, 4) is 11.4 Å². The summed E-state index contributed by atoms with van der Waals surface area (Å²) in [6, 6.07) is 23.2. The summed E-state index contributed by atoms with van der Waals surface area (Å²) < 4.78 is 0. The SMILES string of the molecule is c1ccc(-c2cccc(N(c3ccccn3)c3ccccn3)n2)nc1. The summed E-state index contributed by atoms with van der Waals surface area (Å²) in [4.78, 5) is 20.0. The van der Waals surface area contributed by atoms with Gasteiger partial charge in [0.25, 0.3) is 0 Å². The summed E-state index contributed by atoms with van der Waals surface area (Å²) in [5, 5.41) is 0. The monoisotopic (exact) mass is 325 g/mol. The summed E-state index contributed by atoms with van der Waals surface area (Å²) >= 11 is 0. The van der Waals surface area contributed by atoms with Crippen LogP contribution in [0.5, 0.6) is 0 Å². The molecule has 0 aliphatic rings.